The van der Waals surface area contributed by atoms with Crippen LogP contribution in [0.25, 0.3) is 10.8 Å². The van der Waals surface area contributed by atoms with E-state index in [0.29, 0.717) is 0 Å². The molecule has 0 N–H and O–H groups in total. The lowest BCUT2D eigenvalue weighted by atomic mass is 10.1. The molecule has 86 valence electrons. The zero-order valence-corrected chi connectivity index (χ0v) is 11.3. The van der Waals surface area contributed by atoms with E-state index in [2.05, 4.69) is 12.1 Å². The minimum Gasteiger partial charge on any atom is -0.319 e. The highest BCUT2D eigenvalue weighted by Crippen LogP contribution is 2.35. The minimum absolute atomic E-state index is 0.955. The van der Waals surface area contributed by atoms with Gasteiger partial charge in [-0.25, -0.2) is 0 Å². The molecule has 0 radical (unpaired) electrons. The smallest absolute Gasteiger partial charge is 0.109 e. The zero-order chi connectivity index (χ0) is 12.2. The van der Waals surface area contributed by atoms with Crippen LogP contribution < -0.4 is 5.30 Å². The normalized spacial score (nSPS) is 10.8. The van der Waals surface area contributed by atoms with Crippen LogP contribution in [0.4, 0.5) is 0 Å². The van der Waals surface area contributed by atoms with Gasteiger partial charge in [0.05, 0.1) is 0 Å². The second kappa shape index (κ2) is 5.32. The number of hydrogen-bond donors (Lipinski definition) is 0. The van der Waals surface area contributed by atoms with Gasteiger partial charge in [0.2, 0.25) is 0 Å². The van der Waals surface area contributed by atoms with Gasteiger partial charge in [0.25, 0.3) is 0 Å². The van der Waals surface area contributed by atoms with Crippen molar-refractivity contribution < 1.29 is 4.57 Å². The quantitative estimate of drug-likeness (QED) is 0.678. The molecule has 2 aromatic carbocycles. The third kappa shape index (κ3) is 2.96. The molecule has 1 nitrogen and oxygen atoms in total. The molecule has 16 heavy (non-hydrogen) atoms. The molecule has 2 heteroatoms. The Bertz CT molecular complexity index is 511. The fourth-order valence-corrected chi connectivity index (χ4v) is 2.40. The molecule has 0 heterocycles. The number of benzene rings is 2. The maximum Gasteiger partial charge on any atom is 0.109 e. The highest BCUT2D eigenvalue weighted by Gasteiger charge is 2.10. The molecule has 0 saturated heterocycles. The molecule has 0 aliphatic rings. The fourth-order valence-electron chi connectivity index (χ4n) is 1.51. The molecular weight excluding hydrogens is 215 g/mol. The third-order valence-corrected chi connectivity index (χ3v) is 3.88. The van der Waals surface area contributed by atoms with Gasteiger partial charge in [0, 0.05) is 5.30 Å². The largest absolute Gasteiger partial charge is 0.319 e. The lowest BCUT2D eigenvalue weighted by Crippen LogP contribution is -2.01. The predicted octanol–water partition coefficient (Wildman–Crippen LogP) is 4.11. The van der Waals surface area contributed by atoms with Crippen molar-refractivity contribution in [2.24, 2.45) is 0 Å². The van der Waals surface area contributed by atoms with Crippen molar-refractivity contribution in [3.63, 3.8) is 0 Å². The van der Waals surface area contributed by atoms with E-state index in [1.807, 2.05) is 44.2 Å². The van der Waals surface area contributed by atoms with Gasteiger partial charge < -0.3 is 4.57 Å². The van der Waals surface area contributed by atoms with Gasteiger partial charge in [-0.15, -0.1) is 0 Å². The summed E-state index contributed by atoms with van der Waals surface area (Å²) in [5.41, 5.74) is 0. The molecule has 0 spiro atoms. The first-order valence-electron chi connectivity index (χ1n) is 5.62. The van der Waals surface area contributed by atoms with Crippen molar-refractivity contribution in [1.82, 2.24) is 0 Å². The number of fused-ring (bicyclic) bond motifs is 1. The Balaban J connectivity index is 0.000000606. The van der Waals surface area contributed by atoms with Crippen LogP contribution in [-0.4, -0.2) is 13.3 Å². The molecule has 0 fully saturated rings. The maximum absolute atomic E-state index is 11.9. The van der Waals surface area contributed by atoms with E-state index in [1.54, 1.807) is 13.3 Å². The van der Waals surface area contributed by atoms with E-state index in [0.717, 1.165) is 10.7 Å². The summed E-state index contributed by atoms with van der Waals surface area (Å²) < 4.78 is 11.9. The van der Waals surface area contributed by atoms with Crippen molar-refractivity contribution in [3.05, 3.63) is 42.5 Å². The van der Waals surface area contributed by atoms with Crippen molar-refractivity contribution >= 4 is 23.2 Å². The average Bonchev–Trinajstić information content (AvgIpc) is 2.30. The fraction of sp³-hybridized carbons (Fsp3) is 0.286. The summed E-state index contributed by atoms with van der Waals surface area (Å²) in [6.45, 7) is 7.61. The van der Waals surface area contributed by atoms with E-state index < -0.39 is 7.14 Å². The van der Waals surface area contributed by atoms with Crippen LogP contribution in [0, 0.1) is 0 Å². The molecule has 0 aliphatic carbocycles. The zero-order valence-electron chi connectivity index (χ0n) is 10.4. The first kappa shape index (κ1) is 13.0. The number of hydrogen-bond acceptors (Lipinski definition) is 1. The molecule has 0 unspecified atom stereocenters. The Morgan fingerprint density at radius 2 is 1.44 bits per heavy atom. The molecule has 2 aromatic rings. The third-order valence-electron chi connectivity index (χ3n) is 2.35. The Kier molecular flexibility index (Phi) is 4.32. The van der Waals surface area contributed by atoms with Gasteiger partial charge in [-0.2, -0.15) is 0 Å². The van der Waals surface area contributed by atoms with E-state index >= 15 is 0 Å². The maximum atomic E-state index is 11.9. The van der Waals surface area contributed by atoms with Crippen molar-refractivity contribution in [2.75, 3.05) is 13.3 Å². The summed E-state index contributed by atoms with van der Waals surface area (Å²) in [4.78, 5) is 0. The Morgan fingerprint density at radius 1 is 0.875 bits per heavy atom. The standard InChI is InChI=1S/C12H13OP.C2H6/c1-14(2,13)12-8-7-10-5-3-4-6-11(10)9-12;1-2/h3-9H,1-2H3;1-2H3. The Hall–Kier alpha value is -1.07. The van der Waals surface area contributed by atoms with Gasteiger partial charge in [0.1, 0.15) is 7.14 Å². The first-order chi connectivity index (χ1) is 7.57. The van der Waals surface area contributed by atoms with E-state index in [9.17, 15) is 4.57 Å². The summed E-state index contributed by atoms with van der Waals surface area (Å²) >= 11 is 0. The van der Waals surface area contributed by atoms with Crippen molar-refractivity contribution in [1.29, 1.82) is 0 Å². The lowest BCUT2D eigenvalue weighted by Gasteiger charge is -2.07. The SMILES string of the molecule is CC.CP(C)(=O)c1ccc2ccccc2c1. The van der Waals surface area contributed by atoms with Gasteiger partial charge in [-0.1, -0.05) is 50.2 Å². The molecule has 0 aromatic heterocycles. The topological polar surface area (TPSA) is 17.1 Å². The summed E-state index contributed by atoms with van der Waals surface area (Å²) in [5, 5.41) is 3.31. The summed E-state index contributed by atoms with van der Waals surface area (Å²) in [5.74, 6) is 0. The molecule has 0 bridgehead atoms. The van der Waals surface area contributed by atoms with Crippen LogP contribution in [0.5, 0.6) is 0 Å². The van der Waals surface area contributed by atoms with Crippen molar-refractivity contribution in [2.45, 2.75) is 13.8 Å². The predicted molar refractivity (Wildman–Crippen MR) is 74.4 cm³/mol. The van der Waals surface area contributed by atoms with Gasteiger partial charge in [-0.05, 0) is 30.2 Å². The van der Waals surface area contributed by atoms with Crippen LogP contribution in [-0.2, 0) is 4.57 Å². The molecule has 0 amide bonds. The second-order valence-electron chi connectivity index (χ2n) is 3.88. The van der Waals surface area contributed by atoms with Crippen LogP contribution >= 0.6 is 7.14 Å². The van der Waals surface area contributed by atoms with E-state index in [4.69, 9.17) is 0 Å². The second-order valence-corrected chi connectivity index (χ2v) is 7.10. The number of rotatable bonds is 1. The summed E-state index contributed by atoms with van der Waals surface area (Å²) in [6, 6.07) is 14.1. The highest BCUT2D eigenvalue weighted by atomic mass is 31.2. The van der Waals surface area contributed by atoms with Gasteiger partial charge >= 0.3 is 0 Å². The molecule has 2 rings (SSSR count). The van der Waals surface area contributed by atoms with Crippen LogP contribution in [0.3, 0.4) is 0 Å². The minimum atomic E-state index is -2.12. The Morgan fingerprint density at radius 3 is 2.00 bits per heavy atom. The van der Waals surface area contributed by atoms with Crippen molar-refractivity contribution in [3.8, 4) is 0 Å². The Labute approximate surface area is 97.9 Å². The molecular formula is C14H19OP. The van der Waals surface area contributed by atoms with Gasteiger partial charge in [0.15, 0.2) is 0 Å². The van der Waals surface area contributed by atoms with E-state index in [1.165, 1.54) is 5.39 Å². The summed E-state index contributed by atoms with van der Waals surface area (Å²) in [6.07, 6.45) is 0. The highest BCUT2D eigenvalue weighted by molar-refractivity contribution is 7.70. The van der Waals surface area contributed by atoms with E-state index in [-0.39, 0.29) is 0 Å². The monoisotopic (exact) mass is 234 g/mol. The van der Waals surface area contributed by atoms with Crippen LogP contribution in [0.15, 0.2) is 42.5 Å². The summed E-state index contributed by atoms with van der Waals surface area (Å²) in [7, 11) is -2.12. The van der Waals surface area contributed by atoms with Crippen LogP contribution in [0.2, 0.25) is 0 Å². The van der Waals surface area contributed by atoms with Gasteiger partial charge in [-0.3, -0.25) is 0 Å². The lowest BCUT2D eigenvalue weighted by molar-refractivity contribution is 0.588. The first-order valence-corrected chi connectivity index (χ1v) is 8.22. The van der Waals surface area contributed by atoms with Crippen LogP contribution in [0.1, 0.15) is 13.8 Å². The average molecular weight is 234 g/mol. The molecule has 0 aliphatic heterocycles. The molecule has 0 saturated carbocycles. The molecule has 0 atom stereocenters.